The van der Waals surface area contributed by atoms with Gasteiger partial charge in [-0.2, -0.15) is 0 Å². The van der Waals surface area contributed by atoms with Crippen molar-refractivity contribution in [3.63, 3.8) is 0 Å². The molecule has 0 aromatic heterocycles. The zero-order valence-electron chi connectivity index (χ0n) is 12.1. The lowest BCUT2D eigenvalue weighted by molar-refractivity contribution is -0.137. The van der Waals surface area contributed by atoms with Gasteiger partial charge in [-0.3, -0.25) is 9.69 Å². The number of amides is 2. The van der Waals surface area contributed by atoms with Crippen LogP contribution in [0, 0.1) is 0 Å². The van der Waals surface area contributed by atoms with Crippen LogP contribution in [0.2, 0.25) is 0 Å². The minimum Gasteiger partial charge on any atom is -0.481 e. The van der Waals surface area contributed by atoms with Gasteiger partial charge >= 0.3 is 12.0 Å². The van der Waals surface area contributed by atoms with Crippen molar-refractivity contribution in [2.24, 2.45) is 0 Å². The Hall–Kier alpha value is -2.04. The van der Waals surface area contributed by atoms with Gasteiger partial charge in [0.1, 0.15) is 0 Å². The average molecular weight is 278 g/mol. The quantitative estimate of drug-likeness (QED) is 0.834. The van der Waals surface area contributed by atoms with E-state index in [9.17, 15) is 9.59 Å². The lowest BCUT2D eigenvalue weighted by atomic mass is 10.2. The van der Waals surface area contributed by atoms with E-state index in [-0.39, 0.29) is 12.5 Å². The van der Waals surface area contributed by atoms with Gasteiger partial charge in [0.2, 0.25) is 0 Å². The van der Waals surface area contributed by atoms with E-state index >= 15 is 0 Å². The number of para-hydroxylation sites is 1. The lowest BCUT2D eigenvalue weighted by Gasteiger charge is -2.28. The van der Waals surface area contributed by atoms with Crippen molar-refractivity contribution < 1.29 is 14.7 Å². The molecule has 0 bridgehead atoms. The van der Waals surface area contributed by atoms with E-state index in [1.54, 1.807) is 16.8 Å². The summed E-state index contributed by atoms with van der Waals surface area (Å²) in [5.41, 5.74) is 0.797. The van der Waals surface area contributed by atoms with Crippen molar-refractivity contribution in [3.05, 3.63) is 30.3 Å². The van der Waals surface area contributed by atoms with Crippen molar-refractivity contribution in [2.75, 3.05) is 25.0 Å². The molecule has 5 heteroatoms. The van der Waals surface area contributed by atoms with Gasteiger partial charge in [0.25, 0.3) is 0 Å². The Balaban J connectivity index is 2.79. The predicted octanol–water partition coefficient (Wildman–Crippen LogP) is 2.82. The van der Waals surface area contributed by atoms with E-state index in [0.29, 0.717) is 19.5 Å². The SMILES string of the molecule is CCCN(C)C(=O)N(CCCC(=O)O)c1ccccc1. The molecular formula is C15H22N2O3. The Morgan fingerprint density at radius 2 is 1.80 bits per heavy atom. The third kappa shape index (κ3) is 4.91. The van der Waals surface area contributed by atoms with Crippen LogP contribution < -0.4 is 4.90 Å². The molecule has 0 aliphatic rings. The number of carbonyl (C=O) groups is 2. The van der Waals surface area contributed by atoms with E-state index in [1.807, 2.05) is 37.3 Å². The molecule has 5 nitrogen and oxygen atoms in total. The van der Waals surface area contributed by atoms with E-state index in [0.717, 1.165) is 12.1 Å². The number of nitrogens with zero attached hydrogens (tertiary/aromatic N) is 2. The van der Waals surface area contributed by atoms with Gasteiger partial charge in [-0.1, -0.05) is 25.1 Å². The third-order valence-electron chi connectivity index (χ3n) is 2.96. The van der Waals surface area contributed by atoms with Gasteiger partial charge in [-0.25, -0.2) is 4.79 Å². The lowest BCUT2D eigenvalue weighted by Crippen LogP contribution is -2.42. The highest BCUT2D eigenvalue weighted by molar-refractivity contribution is 5.91. The van der Waals surface area contributed by atoms with Crippen LogP contribution >= 0.6 is 0 Å². The summed E-state index contributed by atoms with van der Waals surface area (Å²) >= 11 is 0. The van der Waals surface area contributed by atoms with Crippen molar-refractivity contribution in [2.45, 2.75) is 26.2 Å². The normalized spacial score (nSPS) is 10.1. The number of carbonyl (C=O) groups excluding carboxylic acids is 1. The average Bonchev–Trinajstić information content (AvgIpc) is 2.44. The molecular weight excluding hydrogens is 256 g/mol. The molecule has 0 atom stereocenters. The van der Waals surface area contributed by atoms with Crippen molar-refractivity contribution in [3.8, 4) is 0 Å². The van der Waals surface area contributed by atoms with Crippen LogP contribution in [0.5, 0.6) is 0 Å². The fraction of sp³-hybridized carbons (Fsp3) is 0.467. The number of carboxylic acid groups (broad SMARTS) is 1. The summed E-state index contributed by atoms with van der Waals surface area (Å²) in [6.45, 7) is 3.10. The number of anilines is 1. The van der Waals surface area contributed by atoms with Crippen molar-refractivity contribution in [1.82, 2.24) is 4.90 Å². The van der Waals surface area contributed by atoms with E-state index in [2.05, 4.69) is 0 Å². The molecule has 1 rings (SSSR count). The maximum absolute atomic E-state index is 12.4. The summed E-state index contributed by atoms with van der Waals surface area (Å²) in [5, 5.41) is 8.72. The number of hydrogen-bond donors (Lipinski definition) is 1. The molecule has 0 unspecified atom stereocenters. The van der Waals surface area contributed by atoms with E-state index in [1.165, 1.54) is 0 Å². The van der Waals surface area contributed by atoms with Crippen molar-refractivity contribution >= 4 is 17.7 Å². The number of rotatable bonds is 7. The predicted molar refractivity (Wildman–Crippen MR) is 79.0 cm³/mol. The highest BCUT2D eigenvalue weighted by atomic mass is 16.4. The number of carboxylic acids is 1. The Labute approximate surface area is 119 Å². The minimum absolute atomic E-state index is 0.0636. The molecule has 0 radical (unpaired) electrons. The zero-order chi connectivity index (χ0) is 15.0. The fourth-order valence-electron chi connectivity index (χ4n) is 1.97. The molecule has 0 spiro atoms. The molecule has 1 aromatic rings. The summed E-state index contributed by atoms with van der Waals surface area (Å²) in [5.74, 6) is -0.840. The maximum atomic E-state index is 12.4. The highest BCUT2D eigenvalue weighted by Crippen LogP contribution is 2.16. The van der Waals surface area contributed by atoms with Crippen LogP contribution in [0.4, 0.5) is 10.5 Å². The molecule has 1 aromatic carbocycles. The first-order valence-corrected chi connectivity index (χ1v) is 6.85. The number of aliphatic carboxylic acids is 1. The third-order valence-corrected chi connectivity index (χ3v) is 2.96. The Morgan fingerprint density at radius 3 is 2.35 bits per heavy atom. The van der Waals surface area contributed by atoms with E-state index in [4.69, 9.17) is 5.11 Å². The van der Waals surface area contributed by atoms with Gasteiger partial charge < -0.3 is 10.0 Å². The molecule has 0 aliphatic carbocycles. The van der Waals surface area contributed by atoms with Gasteiger partial charge in [-0.15, -0.1) is 0 Å². The summed E-state index contributed by atoms with van der Waals surface area (Å²) < 4.78 is 0. The van der Waals surface area contributed by atoms with Crippen molar-refractivity contribution in [1.29, 1.82) is 0 Å². The smallest absolute Gasteiger partial charge is 0.324 e. The Morgan fingerprint density at radius 1 is 1.15 bits per heavy atom. The standard InChI is InChI=1S/C15H22N2O3/c1-3-11-16(2)15(20)17(12-7-10-14(18)19)13-8-5-4-6-9-13/h4-6,8-9H,3,7,10-12H2,1-2H3,(H,18,19). The summed E-state index contributed by atoms with van der Waals surface area (Å²) in [6.07, 6.45) is 1.39. The first kappa shape index (κ1) is 16.0. The summed E-state index contributed by atoms with van der Waals surface area (Å²) in [4.78, 5) is 26.3. The molecule has 0 heterocycles. The monoisotopic (exact) mass is 278 g/mol. The number of benzene rings is 1. The van der Waals surface area contributed by atoms with Gasteiger partial charge in [0.05, 0.1) is 0 Å². The van der Waals surface area contributed by atoms with Crippen LogP contribution in [0.1, 0.15) is 26.2 Å². The number of hydrogen-bond acceptors (Lipinski definition) is 2. The minimum atomic E-state index is -0.840. The topological polar surface area (TPSA) is 60.9 Å². The van der Waals surface area contributed by atoms with E-state index < -0.39 is 5.97 Å². The second-order valence-corrected chi connectivity index (χ2v) is 4.69. The molecule has 0 fully saturated rings. The van der Waals surface area contributed by atoms with Crippen LogP contribution in [0.25, 0.3) is 0 Å². The number of urea groups is 1. The molecule has 20 heavy (non-hydrogen) atoms. The van der Waals surface area contributed by atoms with Crippen LogP contribution in [-0.4, -0.2) is 42.1 Å². The van der Waals surface area contributed by atoms with Crippen LogP contribution in [0.3, 0.4) is 0 Å². The molecule has 0 saturated heterocycles. The second kappa shape index (κ2) is 8.19. The largest absolute Gasteiger partial charge is 0.481 e. The molecule has 110 valence electrons. The molecule has 2 amide bonds. The Bertz CT molecular complexity index is 434. The van der Waals surface area contributed by atoms with Gasteiger partial charge in [0.15, 0.2) is 0 Å². The first-order chi connectivity index (χ1) is 9.56. The van der Waals surface area contributed by atoms with Gasteiger partial charge in [-0.05, 0) is 25.0 Å². The Kier molecular flexibility index (Phi) is 6.56. The van der Waals surface area contributed by atoms with Crippen LogP contribution in [0.15, 0.2) is 30.3 Å². The molecule has 0 aliphatic heterocycles. The maximum Gasteiger partial charge on any atom is 0.324 e. The van der Waals surface area contributed by atoms with Crippen LogP contribution in [-0.2, 0) is 4.79 Å². The molecule has 1 N–H and O–H groups in total. The van der Waals surface area contributed by atoms with Gasteiger partial charge in [0, 0.05) is 32.2 Å². The second-order valence-electron chi connectivity index (χ2n) is 4.69. The highest BCUT2D eigenvalue weighted by Gasteiger charge is 2.19. The summed E-state index contributed by atoms with van der Waals surface area (Å²) in [6, 6.07) is 9.25. The zero-order valence-corrected chi connectivity index (χ0v) is 12.1. The summed E-state index contributed by atoms with van der Waals surface area (Å²) in [7, 11) is 1.76. The first-order valence-electron chi connectivity index (χ1n) is 6.85. The fourth-order valence-corrected chi connectivity index (χ4v) is 1.97. The molecule has 0 saturated carbocycles.